The summed E-state index contributed by atoms with van der Waals surface area (Å²) in [6.07, 6.45) is 0. The van der Waals surface area contributed by atoms with Gasteiger partial charge in [0.15, 0.2) is 16.9 Å². The Balaban J connectivity index is 1.79. The number of aromatic hydroxyl groups is 2. The van der Waals surface area contributed by atoms with Crippen molar-refractivity contribution in [3.05, 3.63) is 88.6 Å². The van der Waals surface area contributed by atoms with Gasteiger partial charge in [0.25, 0.3) is 0 Å². The van der Waals surface area contributed by atoms with Crippen LogP contribution in [0.4, 0.5) is 0 Å². The Hall–Kier alpha value is -3.73. The fraction of sp³-hybridized carbons (Fsp3) is 0.0455. The van der Waals surface area contributed by atoms with Gasteiger partial charge in [0, 0.05) is 17.7 Å². The number of rotatable bonds is 4. The predicted molar refractivity (Wildman–Crippen MR) is 102 cm³/mol. The highest BCUT2D eigenvalue weighted by molar-refractivity contribution is 5.89. The van der Waals surface area contributed by atoms with Crippen molar-refractivity contribution in [3.8, 4) is 28.6 Å². The number of ether oxygens (including phenoxy) is 1. The average Bonchev–Trinajstić information content (AvgIpc) is 2.70. The van der Waals surface area contributed by atoms with Crippen molar-refractivity contribution < 1.29 is 19.4 Å². The molecule has 0 spiro atoms. The van der Waals surface area contributed by atoms with Gasteiger partial charge in [0.1, 0.15) is 23.3 Å². The van der Waals surface area contributed by atoms with Gasteiger partial charge in [-0.2, -0.15) is 0 Å². The normalized spacial score (nSPS) is 10.8. The number of phenols is 2. The smallest absolute Gasteiger partial charge is 0.201 e. The Morgan fingerprint density at radius 3 is 2.22 bits per heavy atom. The van der Waals surface area contributed by atoms with Crippen LogP contribution in [-0.4, -0.2) is 10.2 Å². The largest absolute Gasteiger partial charge is 0.504 e. The molecule has 5 heteroatoms. The van der Waals surface area contributed by atoms with Crippen LogP contribution >= 0.6 is 0 Å². The maximum Gasteiger partial charge on any atom is 0.201 e. The molecule has 4 aromatic rings. The zero-order valence-electron chi connectivity index (χ0n) is 14.3. The lowest BCUT2D eigenvalue weighted by atomic mass is 10.1. The molecule has 4 rings (SSSR count). The van der Waals surface area contributed by atoms with Gasteiger partial charge in [-0.3, -0.25) is 4.79 Å². The summed E-state index contributed by atoms with van der Waals surface area (Å²) < 4.78 is 11.4. The van der Waals surface area contributed by atoms with E-state index in [1.54, 1.807) is 0 Å². The third kappa shape index (κ3) is 3.22. The van der Waals surface area contributed by atoms with E-state index in [0.29, 0.717) is 5.76 Å². The minimum atomic E-state index is -0.552. The molecule has 0 bridgehead atoms. The number of hydrogen-bond acceptors (Lipinski definition) is 5. The van der Waals surface area contributed by atoms with Gasteiger partial charge in [-0.15, -0.1) is 0 Å². The summed E-state index contributed by atoms with van der Waals surface area (Å²) in [5.41, 5.74) is 1.32. The van der Waals surface area contributed by atoms with Crippen LogP contribution in [0.1, 0.15) is 5.56 Å². The maximum absolute atomic E-state index is 12.5. The van der Waals surface area contributed by atoms with Crippen molar-refractivity contribution in [2.45, 2.75) is 6.61 Å². The molecule has 0 radical (unpaired) electrons. The summed E-state index contributed by atoms with van der Waals surface area (Å²) in [4.78, 5) is 12.5. The lowest BCUT2D eigenvalue weighted by molar-refractivity contribution is 0.283. The first-order valence-corrected chi connectivity index (χ1v) is 8.38. The van der Waals surface area contributed by atoms with E-state index in [1.165, 1.54) is 12.1 Å². The van der Waals surface area contributed by atoms with E-state index in [9.17, 15) is 15.0 Å². The molecule has 134 valence electrons. The molecule has 0 saturated heterocycles. The second kappa shape index (κ2) is 6.88. The van der Waals surface area contributed by atoms with Gasteiger partial charge < -0.3 is 19.4 Å². The van der Waals surface area contributed by atoms with E-state index < -0.39 is 16.9 Å². The summed E-state index contributed by atoms with van der Waals surface area (Å²) in [5.74, 6) is -0.633. The Kier molecular flexibility index (Phi) is 4.26. The third-order valence-corrected chi connectivity index (χ3v) is 4.23. The summed E-state index contributed by atoms with van der Waals surface area (Å²) in [7, 11) is 0. The van der Waals surface area contributed by atoms with Crippen molar-refractivity contribution in [3.63, 3.8) is 0 Å². The SMILES string of the molecule is O=c1cc(-c2ccccc2)oc2cc(OCc3ccccc3)c(O)c(O)c12. The van der Waals surface area contributed by atoms with Crippen molar-refractivity contribution >= 4 is 11.0 Å². The second-order valence-corrected chi connectivity index (χ2v) is 6.06. The summed E-state index contributed by atoms with van der Waals surface area (Å²) in [6.45, 7) is 0.196. The highest BCUT2D eigenvalue weighted by Gasteiger charge is 2.18. The van der Waals surface area contributed by atoms with E-state index in [1.807, 2.05) is 60.7 Å². The van der Waals surface area contributed by atoms with Crippen LogP contribution in [0.5, 0.6) is 17.2 Å². The number of hydrogen-bond donors (Lipinski definition) is 2. The lowest BCUT2D eigenvalue weighted by Gasteiger charge is -2.11. The fourth-order valence-corrected chi connectivity index (χ4v) is 2.86. The molecule has 0 aliphatic heterocycles. The quantitative estimate of drug-likeness (QED) is 0.526. The zero-order valence-corrected chi connectivity index (χ0v) is 14.3. The monoisotopic (exact) mass is 360 g/mol. The Bertz CT molecular complexity index is 1150. The van der Waals surface area contributed by atoms with Crippen molar-refractivity contribution in [2.75, 3.05) is 0 Å². The molecule has 0 fully saturated rings. The highest BCUT2D eigenvalue weighted by atomic mass is 16.5. The zero-order chi connectivity index (χ0) is 18.8. The van der Waals surface area contributed by atoms with Crippen LogP contribution in [0, 0.1) is 0 Å². The van der Waals surface area contributed by atoms with Gasteiger partial charge in [0.2, 0.25) is 5.75 Å². The Morgan fingerprint density at radius 2 is 1.52 bits per heavy atom. The van der Waals surface area contributed by atoms with E-state index in [4.69, 9.17) is 9.15 Å². The molecule has 0 atom stereocenters. The molecule has 0 unspecified atom stereocenters. The fourth-order valence-electron chi connectivity index (χ4n) is 2.86. The molecular formula is C22H16O5. The molecule has 0 amide bonds. The molecule has 0 aliphatic carbocycles. The van der Waals surface area contributed by atoms with Gasteiger partial charge in [-0.1, -0.05) is 60.7 Å². The van der Waals surface area contributed by atoms with Gasteiger partial charge in [-0.05, 0) is 5.56 Å². The number of benzene rings is 3. The van der Waals surface area contributed by atoms with Crippen LogP contribution in [0.25, 0.3) is 22.3 Å². The first-order valence-electron chi connectivity index (χ1n) is 8.38. The van der Waals surface area contributed by atoms with E-state index >= 15 is 0 Å². The number of phenolic OH excluding ortho intramolecular Hbond substituents is 2. The van der Waals surface area contributed by atoms with Crippen LogP contribution in [-0.2, 0) is 6.61 Å². The molecular weight excluding hydrogens is 344 g/mol. The van der Waals surface area contributed by atoms with Crippen LogP contribution < -0.4 is 10.2 Å². The van der Waals surface area contributed by atoms with Gasteiger partial charge >= 0.3 is 0 Å². The van der Waals surface area contributed by atoms with Gasteiger partial charge in [-0.25, -0.2) is 0 Å². The van der Waals surface area contributed by atoms with Crippen LogP contribution in [0.15, 0.2) is 82.0 Å². The average molecular weight is 360 g/mol. The molecule has 1 aromatic heterocycles. The first-order chi connectivity index (χ1) is 13.1. The van der Waals surface area contributed by atoms with E-state index in [0.717, 1.165) is 11.1 Å². The molecule has 5 nitrogen and oxygen atoms in total. The van der Waals surface area contributed by atoms with Crippen molar-refractivity contribution in [1.29, 1.82) is 0 Å². The van der Waals surface area contributed by atoms with Crippen molar-refractivity contribution in [2.24, 2.45) is 0 Å². The van der Waals surface area contributed by atoms with Gasteiger partial charge in [0.05, 0.1) is 0 Å². The minimum Gasteiger partial charge on any atom is -0.504 e. The minimum absolute atomic E-state index is 0.0391. The predicted octanol–water partition coefficient (Wildman–Crippen LogP) is 4.45. The topological polar surface area (TPSA) is 79.9 Å². The molecule has 0 saturated carbocycles. The molecule has 3 aromatic carbocycles. The van der Waals surface area contributed by atoms with Crippen LogP contribution in [0.3, 0.4) is 0 Å². The van der Waals surface area contributed by atoms with E-state index in [-0.39, 0.29) is 23.3 Å². The maximum atomic E-state index is 12.5. The Labute approximate surface area is 154 Å². The standard InChI is InChI=1S/C22H16O5/c23-16-11-17(15-9-5-2-6-10-15)27-18-12-19(21(24)22(25)20(16)18)26-13-14-7-3-1-4-8-14/h1-12,24-25H,13H2. The first kappa shape index (κ1) is 16.7. The highest BCUT2D eigenvalue weighted by Crippen LogP contribution is 2.41. The van der Waals surface area contributed by atoms with E-state index in [2.05, 4.69) is 0 Å². The molecule has 0 aliphatic rings. The molecule has 1 heterocycles. The Morgan fingerprint density at radius 1 is 0.852 bits per heavy atom. The number of fused-ring (bicyclic) bond motifs is 1. The van der Waals surface area contributed by atoms with Crippen molar-refractivity contribution in [1.82, 2.24) is 0 Å². The summed E-state index contributed by atoms with van der Waals surface area (Å²) >= 11 is 0. The lowest BCUT2D eigenvalue weighted by Crippen LogP contribution is -2.02. The molecule has 27 heavy (non-hydrogen) atoms. The van der Waals surface area contributed by atoms with Crippen LogP contribution in [0.2, 0.25) is 0 Å². The third-order valence-electron chi connectivity index (χ3n) is 4.23. The summed E-state index contributed by atoms with van der Waals surface area (Å²) in [6, 6.07) is 21.3. The summed E-state index contributed by atoms with van der Waals surface area (Å²) in [5, 5.41) is 20.4. The molecule has 2 N–H and O–H groups in total. The second-order valence-electron chi connectivity index (χ2n) is 6.06.